The van der Waals surface area contributed by atoms with Crippen LogP contribution in [0.5, 0.6) is 0 Å². The van der Waals surface area contributed by atoms with Gasteiger partial charge in [0.1, 0.15) is 0 Å². The molecule has 0 aromatic heterocycles. The Hall–Kier alpha value is -1.57. The Labute approximate surface area is 76.8 Å². The fourth-order valence-corrected chi connectivity index (χ4v) is 1.40. The Kier molecular flexibility index (Phi) is 2.13. The van der Waals surface area contributed by atoms with Crippen LogP contribution in [0, 0.1) is 0 Å². The second kappa shape index (κ2) is 3.44. The predicted octanol–water partition coefficient (Wildman–Crippen LogP) is 2.02. The van der Waals surface area contributed by atoms with Crippen LogP contribution in [0.1, 0.15) is 12.0 Å². The molecule has 0 saturated heterocycles. The smallest absolute Gasteiger partial charge is 0.160 e. The lowest BCUT2D eigenvalue weighted by Crippen LogP contribution is -2.05. The van der Waals surface area contributed by atoms with Gasteiger partial charge in [-0.3, -0.25) is 4.79 Å². The molecule has 0 radical (unpaired) electrons. The van der Waals surface area contributed by atoms with Gasteiger partial charge >= 0.3 is 0 Å². The molecule has 0 aliphatic carbocycles. The maximum atomic E-state index is 10.4. The summed E-state index contributed by atoms with van der Waals surface area (Å²) in [5.74, 6) is 0. The molecule has 0 amide bonds. The Morgan fingerprint density at radius 3 is 2.69 bits per heavy atom. The van der Waals surface area contributed by atoms with E-state index < -0.39 is 0 Å². The quantitative estimate of drug-likeness (QED) is 0.641. The van der Waals surface area contributed by atoms with Gasteiger partial charge in [0.05, 0.1) is 6.26 Å². The van der Waals surface area contributed by atoms with Crippen LogP contribution >= 0.6 is 0 Å². The minimum absolute atomic E-state index is 0.282. The molecule has 1 aromatic carbocycles. The van der Waals surface area contributed by atoms with Gasteiger partial charge in [0.25, 0.3) is 0 Å². The molecule has 66 valence electrons. The van der Waals surface area contributed by atoms with E-state index in [1.807, 2.05) is 30.3 Å². The fraction of sp³-hybridized carbons (Fsp3) is 0.182. The zero-order chi connectivity index (χ0) is 9.10. The van der Waals surface area contributed by atoms with Crippen molar-refractivity contribution in [2.45, 2.75) is 12.5 Å². The summed E-state index contributed by atoms with van der Waals surface area (Å²) in [6.07, 6.45) is 2.92. The Morgan fingerprint density at radius 1 is 1.31 bits per heavy atom. The first kappa shape index (κ1) is 8.05. The Bertz CT molecular complexity index is 327. The second-order valence-electron chi connectivity index (χ2n) is 3.02. The van der Waals surface area contributed by atoms with Crippen LogP contribution in [-0.4, -0.2) is 12.4 Å². The summed E-state index contributed by atoms with van der Waals surface area (Å²) < 4.78 is 5.14. The second-order valence-corrected chi connectivity index (χ2v) is 3.02. The van der Waals surface area contributed by atoms with Gasteiger partial charge in [0.2, 0.25) is 0 Å². The zero-order valence-electron chi connectivity index (χ0n) is 7.14. The molecule has 1 aliphatic heterocycles. The molecule has 1 aromatic rings. The number of benzene rings is 1. The molecule has 1 atom stereocenters. The highest BCUT2D eigenvalue weighted by atomic mass is 16.5. The van der Waals surface area contributed by atoms with Gasteiger partial charge in [-0.15, -0.1) is 0 Å². The molecule has 1 heterocycles. The number of hydrogen-bond acceptors (Lipinski definition) is 2. The van der Waals surface area contributed by atoms with E-state index in [0.717, 1.165) is 17.4 Å². The van der Waals surface area contributed by atoms with Crippen molar-refractivity contribution in [2.24, 2.45) is 0 Å². The highest BCUT2D eigenvalue weighted by molar-refractivity contribution is 5.72. The molecule has 0 fully saturated rings. The lowest BCUT2D eigenvalue weighted by atomic mass is 10.0. The van der Waals surface area contributed by atoms with Crippen molar-refractivity contribution >= 4 is 11.9 Å². The highest BCUT2D eigenvalue weighted by Gasteiger charge is 2.17. The first-order chi connectivity index (χ1) is 6.40. The van der Waals surface area contributed by atoms with Crippen molar-refractivity contribution < 1.29 is 9.53 Å². The largest absolute Gasteiger partial charge is 0.490 e. The fourth-order valence-electron chi connectivity index (χ4n) is 1.40. The van der Waals surface area contributed by atoms with Crippen LogP contribution in [0.25, 0.3) is 5.57 Å². The van der Waals surface area contributed by atoms with Gasteiger partial charge in [-0.2, -0.15) is 0 Å². The van der Waals surface area contributed by atoms with E-state index in [0.29, 0.717) is 6.42 Å². The van der Waals surface area contributed by atoms with Crippen LogP contribution in [0.3, 0.4) is 0 Å². The summed E-state index contributed by atoms with van der Waals surface area (Å²) in [7, 11) is 0. The van der Waals surface area contributed by atoms with E-state index in [4.69, 9.17) is 4.74 Å². The number of carbonyl (C=O) groups is 1. The van der Waals surface area contributed by atoms with Gasteiger partial charge in [-0.1, -0.05) is 30.3 Å². The zero-order valence-corrected chi connectivity index (χ0v) is 7.14. The number of carbonyl (C=O) groups excluding carboxylic acids is 1. The minimum atomic E-state index is -0.282. The van der Waals surface area contributed by atoms with E-state index in [-0.39, 0.29) is 6.10 Å². The molecular weight excluding hydrogens is 164 g/mol. The normalized spacial score (nSPS) is 20.6. The van der Waals surface area contributed by atoms with Crippen molar-refractivity contribution in [3.8, 4) is 0 Å². The maximum Gasteiger partial charge on any atom is 0.160 e. The number of ether oxygens (including phenoxy) is 1. The summed E-state index contributed by atoms with van der Waals surface area (Å²) in [5, 5.41) is 0. The molecule has 1 aliphatic rings. The molecule has 0 N–H and O–H groups in total. The van der Waals surface area contributed by atoms with E-state index in [9.17, 15) is 4.79 Å². The first-order valence-electron chi connectivity index (χ1n) is 4.25. The van der Waals surface area contributed by atoms with Crippen molar-refractivity contribution in [3.63, 3.8) is 0 Å². The summed E-state index contributed by atoms with van der Waals surface area (Å²) in [4.78, 5) is 10.4. The number of aldehydes is 1. The van der Waals surface area contributed by atoms with Crippen molar-refractivity contribution in [2.75, 3.05) is 0 Å². The molecule has 2 heteroatoms. The SMILES string of the molecule is O=CC1CC(c2ccccc2)=CO1. The summed E-state index contributed by atoms with van der Waals surface area (Å²) in [6, 6.07) is 9.96. The van der Waals surface area contributed by atoms with Crippen LogP contribution in [-0.2, 0) is 9.53 Å². The maximum absolute atomic E-state index is 10.4. The monoisotopic (exact) mass is 174 g/mol. The lowest BCUT2D eigenvalue weighted by Gasteiger charge is -2.00. The first-order valence-corrected chi connectivity index (χ1v) is 4.25. The van der Waals surface area contributed by atoms with Crippen LogP contribution < -0.4 is 0 Å². The van der Waals surface area contributed by atoms with Crippen LogP contribution in [0.2, 0.25) is 0 Å². The summed E-state index contributed by atoms with van der Waals surface area (Å²) in [5.41, 5.74) is 2.23. The third-order valence-electron chi connectivity index (χ3n) is 2.10. The third-order valence-corrected chi connectivity index (χ3v) is 2.10. The van der Waals surface area contributed by atoms with Gasteiger partial charge < -0.3 is 4.74 Å². The highest BCUT2D eigenvalue weighted by Crippen LogP contribution is 2.25. The average molecular weight is 174 g/mol. The predicted molar refractivity (Wildman–Crippen MR) is 50.0 cm³/mol. The van der Waals surface area contributed by atoms with E-state index in [1.54, 1.807) is 6.26 Å². The van der Waals surface area contributed by atoms with E-state index >= 15 is 0 Å². The molecular formula is C11H10O2. The van der Waals surface area contributed by atoms with Gasteiger partial charge in [0.15, 0.2) is 12.4 Å². The van der Waals surface area contributed by atoms with Gasteiger partial charge in [-0.05, 0) is 11.1 Å². The van der Waals surface area contributed by atoms with Gasteiger partial charge in [-0.25, -0.2) is 0 Å². The average Bonchev–Trinajstić information content (AvgIpc) is 2.67. The van der Waals surface area contributed by atoms with E-state index in [1.165, 1.54) is 0 Å². The standard InChI is InChI=1S/C11H10O2/c12-7-11-6-10(8-13-11)9-4-2-1-3-5-9/h1-5,7-8,11H,6H2. The summed E-state index contributed by atoms with van der Waals surface area (Å²) in [6.45, 7) is 0. The molecule has 2 rings (SSSR count). The number of rotatable bonds is 2. The molecule has 1 unspecified atom stereocenters. The molecule has 13 heavy (non-hydrogen) atoms. The van der Waals surface area contributed by atoms with E-state index in [2.05, 4.69) is 0 Å². The number of hydrogen-bond donors (Lipinski definition) is 0. The molecule has 0 saturated carbocycles. The molecule has 0 spiro atoms. The van der Waals surface area contributed by atoms with Crippen molar-refractivity contribution in [1.29, 1.82) is 0 Å². The molecule has 2 nitrogen and oxygen atoms in total. The third kappa shape index (κ3) is 1.61. The van der Waals surface area contributed by atoms with Crippen molar-refractivity contribution in [3.05, 3.63) is 42.2 Å². The Balaban J connectivity index is 2.17. The lowest BCUT2D eigenvalue weighted by molar-refractivity contribution is -0.114. The van der Waals surface area contributed by atoms with Gasteiger partial charge in [0, 0.05) is 6.42 Å². The van der Waals surface area contributed by atoms with Crippen LogP contribution in [0.4, 0.5) is 0 Å². The van der Waals surface area contributed by atoms with Crippen LogP contribution in [0.15, 0.2) is 36.6 Å². The minimum Gasteiger partial charge on any atom is -0.490 e. The molecule has 0 bridgehead atoms. The van der Waals surface area contributed by atoms with Crippen molar-refractivity contribution in [1.82, 2.24) is 0 Å². The topological polar surface area (TPSA) is 26.3 Å². The Morgan fingerprint density at radius 2 is 2.08 bits per heavy atom. The summed E-state index contributed by atoms with van der Waals surface area (Å²) >= 11 is 0.